The number of amides is 1. The summed E-state index contributed by atoms with van der Waals surface area (Å²) in [5.41, 5.74) is 0.990. The van der Waals surface area contributed by atoms with Crippen molar-refractivity contribution >= 4 is 33.4 Å². The van der Waals surface area contributed by atoms with E-state index in [9.17, 15) is 18.0 Å². The quantitative estimate of drug-likeness (QED) is 0.671. The molecule has 152 valence electrons. The fraction of sp³-hybridized carbons (Fsp3) is 0.368. The van der Waals surface area contributed by atoms with Gasteiger partial charge in [-0.1, -0.05) is 6.07 Å². The van der Waals surface area contributed by atoms with Crippen molar-refractivity contribution in [2.75, 3.05) is 18.4 Å². The molecule has 0 saturated carbocycles. The number of halogens is 3. The maximum atomic E-state index is 13.2. The number of carbonyl (C=O) groups is 1. The Morgan fingerprint density at radius 2 is 2.03 bits per heavy atom. The number of likely N-dealkylation sites (tertiary alicyclic amines) is 1. The molecular formula is C19H18F3N5OS. The van der Waals surface area contributed by atoms with E-state index in [-0.39, 0.29) is 33.8 Å². The molecule has 3 aromatic heterocycles. The van der Waals surface area contributed by atoms with Gasteiger partial charge < -0.3 is 10.2 Å². The van der Waals surface area contributed by atoms with Gasteiger partial charge in [-0.15, -0.1) is 11.3 Å². The van der Waals surface area contributed by atoms with Crippen LogP contribution in [0.1, 0.15) is 46.7 Å². The van der Waals surface area contributed by atoms with Crippen molar-refractivity contribution in [1.82, 2.24) is 19.9 Å². The maximum absolute atomic E-state index is 13.2. The normalized spacial score (nSPS) is 15.7. The van der Waals surface area contributed by atoms with Gasteiger partial charge in [-0.2, -0.15) is 13.2 Å². The van der Waals surface area contributed by atoms with Crippen LogP contribution in [0.3, 0.4) is 0 Å². The van der Waals surface area contributed by atoms with Crippen LogP contribution in [0.5, 0.6) is 0 Å². The Kier molecular flexibility index (Phi) is 5.12. The molecule has 1 aliphatic rings. The zero-order valence-electron chi connectivity index (χ0n) is 15.5. The van der Waals surface area contributed by atoms with E-state index in [2.05, 4.69) is 20.3 Å². The molecule has 0 aromatic carbocycles. The van der Waals surface area contributed by atoms with Gasteiger partial charge in [0.2, 0.25) is 5.95 Å². The second-order valence-corrected chi connectivity index (χ2v) is 7.92. The molecule has 0 spiro atoms. The highest BCUT2D eigenvalue weighted by Crippen LogP contribution is 2.39. The number of hydrogen-bond donors (Lipinski definition) is 1. The second kappa shape index (κ2) is 7.58. The lowest BCUT2D eigenvalue weighted by Crippen LogP contribution is -2.28. The van der Waals surface area contributed by atoms with Crippen LogP contribution in [-0.2, 0) is 6.18 Å². The molecule has 1 amide bonds. The number of hydrogen-bond acceptors (Lipinski definition) is 6. The molecule has 0 aliphatic carbocycles. The first kappa shape index (κ1) is 19.6. The fourth-order valence-corrected chi connectivity index (χ4v) is 4.20. The molecule has 29 heavy (non-hydrogen) atoms. The number of carbonyl (C=O) groups excluding carboxylic acids is 1. The summed E-state index contributed by atoms with van der Waals surface area (Å²) in [6.07, 6.45) is 0.576. The molecule has 1 aliphatic heterocycles. The number of anilines is 1. The lowest BCUT2D eigenvalue weighted by Gasteiger charge is -2.17. The van der Waals surface area contributed by atoms with E-state index in [1.165, 1.54) is 0 Å². The molecule has 0 radical (unpaired) electrons. The second-order valence-electron chi connectivity index (χ2n) is 6.87. The van der Waals surface area contributed by atoms with Crippen LogP contribution in [0.2, 0.25) is 0 Å². The Morgan fingerprint density at radius 3 is 2.69 bits per heavy atom. The van der Waals surface area contributed by atoms with E-state index >= 15 is 0 Å². The van der Waals surface area contributed by atoms with Crippen LogP contribution in [0.25, 0.3) is 10.2 Å². The smallest absolute Gasteiger partial charge is 0.348 e. The molecule has 1 N–H and O–H groups in total. The van der Waals surface area contributed by atoms with Gasteiger partial charge in [0.1, 0.15) is 4.88 Å². The van der Waals surface area contributed by atoms with Crippen molar-refractivity contribution < 1.29 is 18.0 Å². The van der Waals surface area contributed by atoms with Crippen LogP contribution >= 0.6 is 11.3 Å². The monoisotopic (exact) mass is 421 g/mol. The Morgan fingerprint density at radius 1 is 1.28 bits per heavy atom. The minimum Gasteiger partial charge on any atom is -0.348 e. The number of rotatable bonds is 4. The van der Waals surface area contributed by atoms with Crippen LogP contribution < -0.4 is 5.32 Å². The average molecular weight is 421 g/mol. The SMILES string of the molecule is C[C@H](Nc1nc(C(=O)N2CCCC2)c2sc(C(F)(F)F)cc2n1)c1cccnc1. The van der Waals surface area contributed by atoms with E-state index in [4.69, 9.17) is 0 Å². The van der Waals surface area contributed by atoms with Gasteiger partial charge in [-0.05, 0) is 37.5 Å². The third-order valence-electron chi connectivity index (χ3n) is 4.78. The van der Waals surface area contributed by atoms with Crippen molar-refractivity contribution in [2.24, 2.45) is 0 Å². The summed E-state index contributed by atoms with van der Waals surface area (Å²) in [5, 5.41) is 3.07. The van der Waals surface area contributed by atoms with E-state index in [0.29, 0.717) is 24.4 Å². The highest BCUT2D eigenvalue weighted by Gasteiger charge is 2.35. The molecule has 1 atom stereocenters. The van der Waals surface area contributed by atoms with Crippen molar-refractivity contribution in [1.29, 1.82) is 0 Å². The number of nitrogens with one attached hydrogen (secondary N) is 1. The first-order valence-electron chi connectivity index (χ1n) is 9.17. The molecule has 4 rings (SSSR count). The molecule has 0 bridgehead atoms. The summed E-state index contributed by atoms with van der Waals surface area (Å²) < 4.78 is 39.9. The van der Waals surface area contributed by atoms with Gasteiger partial charge in [0.25, 0.3) is 5.91 Å². The minimum absolute atomic E-state index is 0.0123. The number of alkyl halides is 3. The molecule has 6 nitrogen and oxygen atoms in total. The van der Waals surface area contributed by atoms with E-state index in [1.54, 1.807) is 23.4 Å². The zero-order chi connectivity index (χ0) is 20.6. The molecular weight excluding hydrogens is 403 g/mol. The van der Waals surface area contributed by atoms with Crippen LogP contribution in [-0.4, -0.2) is 38.8 Å². The first-order chi connectivity index (χ1) is 13.8. The van der Waals surface area contributed by atoms with Gasteiger partial charge in [0.05, 0.1) is 16.3 Å². The number of thiophene rings is 1. The summed E-state index contributed by atoms with van der Waals surface area (Å²) in [4.78, 5) is 26.4. The van der Waals surface area contributed by atoms with Crippen molar-refractivity contribution in [3.63, 3.8) is 0 Å². The van der Waals surface area contributed by atoms with Gasteiger partial charge in [-0.3, -0.25) is 9.78 Å². The third-order valence-corrected chi connectivity index (χ3v) is 5.95. The van der Waals surface area contributed by atoms with Gasteiger partial charge in [0.15, 0.2) is 5.69 Å². The van der Waals surface area contributed by atoms with Crippen molar-refractivity contribution in [3.05, 3.63) is 46.7 Å². The van der Waals surface area contributed by atoms with Gasteiger partial charge >= 0.3 is 6.18 Å². The molecule has 10 heteroatoms. The summed E-state index contributed by atoms with van der Waals surface area (Å²) in [5.74, 6) is -0.245. The Balaban J connectivity index is 1.75. The Hall–Kier alpha value is -2.75. The predicted molar refractivity (Wildman–Crippen MR) is 104 cm³/mol. The van der Waals surface area contributed by atoms with E-state index < -0.39 is 11.1 Å². The molecule has 1 saturated heterocycles. The summed E-state index contributed by atoms with van der Waals surface area (Å²) >= 11 is 0.507. The van der Waals surface area contributed by atoms with Gasteiger partial charge in [-0.25, -0.2) is 9.97 Å². The standard InChI is InChI=1S/C19H18F3N5OS/c1-11(12-5-4-6-23-10-12)24-18-25-13-9-14(19(20,21)22)29-16(13)15(26-18)17(28)27-7-2-3-8-27/h4-6,9-11H,2-3,7-8H2,1H3,(H,24,25,26)/t11-/m0/s1. The van der Waals surface area contributed by atoms with Crippen LogP contribution in [0.4, 0.5) is 19.1 Å². The van der Waals surface area contributed by atoms with Crippen molar-refractivity contribution in [3.8, 4) is 0 Å². The lowest BCUT2D eigenvalue weighted by atomic mass is 10.1. The van der Waals surface area contributed by atoms with Gasteiger partial charge in [0, 0.05) is 25.5 Å². The highest BCUT2D eigenvalue weighted by atomic mass is 32.1. The number of aromatic nitrogens is 3. The zero-order valence-corrected chi connectivity index (χ0v) is 16.3. The maximum Gasteiger partial charge on any atom is 0.425 e. The summed E-state index contributed by atoms with van der Waals surface area (Å²) in [7, 11) is 0. The molecule has 0 unspecified atom stereocenters. The Labute approximate surface area is 168 Å². The topological polar surface area (TPSA) is 71.0 Å². The first-order valence-corrected chi connectivity index (χ1v) is 9.99. The summed E-state index contributed by atoms with van der Waals surface area (Å²) in [6.45, 7) is 3.02. The van der Waals surface area contributed by atoms with E-state index in [1.807, 2.05) is 13.0 Å². The third kappa shape index (κ3) is 4.02. The summed E-state index contributed by atoms with van der Waals surface area (Å²) in [6, 6.07) is 4.39. The Bertz CT molecular complexity index is 1030. The van der Waals surface area contributed by atoms with E-state index in [0.717, 1.165) is 24.5 Å². The molecule has 3 aromatic rings. The lowest BCUT2D eigenvalue weighted by molar-refractivity contribution is -0.134. The minimum atomic E-state index is -4.50. The average Bonchev–Trinajstić information content (AvgIpc) is 3.37. The molecule has 1 fully saturated rings. The van der Waals surface area contributed by atoms with Crippen molar-refractivity contribution in [2.45, 2.75) is 32.0 Å². The van der Waals surface area contributed by atoms with Crippen LogP contribution in [0.15, 0.2) is 30.6 Å². The largest absolute Gasteiger partial charge is 0.425 e. The number of fused-ring (bicyclic) bond motifs is 1. The predicted octanol–water partition coefficient (Wildman–Crippen LogP) is 4.51. The molecule has 4 heterocycles. The number of nitrogens with zero attached hydrogens (tertiary/aromatic N) is 4. The fourth-order valence-electron chi connectivity index (χ4n) is 3.26. The van der Waals surface area contributed by atoms with Crippen LogP contribution in [0, 0.1) is 0 Å². The highest BCUT2D eigenvalue weighted by molar-refractivity contribution is 7.19. The number of pyridine rings is 1.